The second-order valence-corrected chi connectivity index (χ2v) is 6.13. The van der Waals surface area contributed by atoms with E-state index in [2.05, 4.69) is 24.1 Å². The highest BCUT2D eigenvalue weighted by molar-refractivity contribution is 5.77. The summed E-state index contributed by atoms with van der Waals surface area (Å²) in [5.41, 5.74) is -0.0367. The van der Waals surface area contributed by atoms with Crippen LogP contribution in [0.3, 0.4) is 0 Å². The van der Waals surface area contributed by atoms with Crippen LogP contribution < -0.4 is 5.32 Å². The number of rotatable bonds is 3. The molecule has 0 aromatic carbocycles. The van der Waals surface area contributed by atoms with Crippen molar-refractivity contribution in [1.29, 1.82) is 0 Å². The van der Waals surface area contributed by atoms with Crippen molar-refractivity contribution in [3.8, 4) is 0 Å². The Balaban J connectivity index is 1.79. The molecule has 0 aromatic rings. The molecule has 0 saturated carbocycles. The summed E-state index contributed by atoms with van der Waals surface area (Å²) in [5.74, 6) is 1.02. The maximum Gasteiger partial charge on any atom is 0.223 e. The number of nitrogens with zero attached hydrogens (tertiary/aromatic N) is 1. The first-order chi connectivity index (χ1) is 8.59. The fraction of sp³-hybridized carbons (Fsp3) is 0.929. The van der Waals surface area contributed by atoms with Gasteiger partial charge >= 0.3 is 0 Å². The van der Waals surface area contributed by atoms with Crippen LogP contribution in [0.4, 0.5) is 0 Å². The van der Waals surface area contributed by atoms with Gasteiger partial charge in [0.1, 0.15) is 0 Å². The fourth-order valence-electron chi connectivity index (χ4n) is 2.94. The molecule has 4 nitrogen and oxygen atoms in total. The highest BCUT2D eigenvalue weighted by Crippen LogP contribution is 2.23. The van der Waals surface area contributed by atoms with Crippen LogP contribution in [0.15, 0.2) is 0 Å². The van der Waals surface area contributed by atoms with Gasteiger partial charge in [0.05, 0.1) is 0 Å². The third kappa shape index (κ3) is 3.45. The van der Waals surface area contributed by atoms with E-state index in [9.17, 15) is 4.79 Å². The first-order valence-corrected chi connectivity index (χ1v) is 7.18. The molecule has 1 N–H and O–H groups in total. The molecule has 0 radical (unpaired) electrons. The van der Waals surface area contributed by atoms with E-state index in [0.29, 0.717) is 18.2 Å². The van der Waals surface area contributed by atoms with Crippen LogP contribution in [0.5, 0.6) is 0 Å². The lowest BCUT2D eigenvalue weighted by Crippen LogP contribution is -2.59. The van der Waals surface area contributed by atoms with Crippen molar-refractivity contribution in [2.75, 3.05) is 32.8 Å². The molecular weight excluding hydrogens is 228 g/mol. The predicted molar refractivity (Wildman–Crippen MR) is 71.4 cm³/mol. The first-order valence-electron chi connectivity index (χ1n) is 7.18. The number of hydrogen-bond acceptors (Lipinski definition) is 3. The smallest absolute Gasteiger partial charge is 0.223 e. The first kappa shape index (κ1) is 13.8. The summed E-state index contributed by atoms with van der Waals surface area (Å²) in [5, 5.41) is 3.35. The second kappa shape index (κ2) is 6.02. The molecule has 0 aliphatic carbocycles. The van der Waals surface area contributed by atoms with Crippen LogP contribution >= 0.6 is 0 Å². The maximum atomic E-state index is 12.3. The van der Waals surface area contributed by atoms with Gasteiger partial charge in [-0.2, -0.15) is 0 Å². The van der Waals surface area contributed by atoms with E-state index in [0.717, 1.165) is 52.1 Å². The molecule has 104 valence electrons. The molecule has 0 spiro atoms. The van der Waals surface area contributed by atoms with Gasteiger partial charge in [0.25, 0.3) is 0 Å². The molecule has 2 fully saturated rings. The third-order valence-electron chi connectivity index (χ3n) is 4.21. The molecule has 2 aliphatic heterocycles. The number of carbonyl (C=O) groups excluding carboxylic acids is 1. The van der Waals surface area contributed by atoms with Crippen LogP contribution in [-0.4, -0.2) is 49.2 Å². The predicted octanol–water partition coefficient (Wildman–Crippen LogP) is 1.40. The Labute approximate surface area is 110 Å². The van der Waals surface area contributed by atoms with Crippen molar-refractivity contribution >= 4 is 5.91 Å². The van der Waals surface area contributed by atoms with Crippen LogP contribution in [-0.2, 0) is 9.53 Å². The summed E-state index contributed by atoms with van der Waals surface area (Å²) in [6, 6.07) is 0. The van der Waals surface area contributed by atoms with Crippen molar-refractivity contribution in [2.24, 2.45) is 5.92 Å². The van der Waals surface area contributed by atoms with Crippen LogP contribution in [0, 0.1) is 5.92 Å². The van der Waals surface area contributed by atoms with Gasteiger partial charge in [-0.1, -0.05) is 0 Å². The zero-order chi connectivity index (χ0) is 13.0. The minimum atomic E-state index is -0.0367. The zero-order valence-electron chi connectivity index (χ0n) is 11.7. The average Bonchev–Trinajstić information content (AvgIpc) is 2.37. The summed E-state index contributed by atoms with van der Waals surface area (Å²) >= 11 is 0. The zero-order valence-corrected chi connectivity index (χ0v) is 11.7. The third-order valence-corrected chi connectivity index (χ3v) is 4.21. The van der Waals surface area contributed by atoms with Gasteiger partial charge < -0.3 is 15.0 Å². The van der Waals surface area contributed by atoms with Gasteiger partial charge in [-0.25, -0.2) is 0 Å². The van der Waals surface area contributed by atoms with Crippen LogP contribution in [0.2, 0.25) is 0 Å². The van der Waals surface area contributed by atoms with E-state index < -0.39 is 0 Å². The Hall–Kier alpha value is -0.610. The highest BCUT2D eigenvalue weighted by atomic mass is 16.5. The summed E-state index contributed by atoms with van der Waals surface area (Å²) in [6.07, 6.45) is 3.98. The number of nitrogens with one attached hydrogen (secondary N) is 1. The Bertz CT molecular complexity index is 286. The Morgan fingerprint density at radius 3 is 2.78 bits per heavy atom. The highest BCUT2D eigenvalue weighted by Gasteiger charge is 2.33. The van der Waals surface area contributed by atoms with Crippen molar-refractivity contribution in [2.45, 2.75) is 45.1 Å². The number of piperazine rings is 1. The molecule has 2 saturated heterocycles. The topological polar surface area (TPSA) is 41.6 Å². The summed E-state index contributed by atoms with van der Waals surface area (Å²) in [4.78, 5) is 14.4. The lowest BCUT2D eigenvalue weighted by Gasteiger charge is -2.43. The lowest BCUT2D eigenvalue weighted by molar-refractivity contribution is -0.138. The minimum Gasteiger partial charge on any atom is -0.381 e. The van der Waals surface area contributed by atoms with E-state index in [-0.39, 0.29) is 5.54 Å². The molecule has 1 amide bonds. The minimum absolute atomic E-state index is 0.0367. The number of hydrogen-bond donors (Lipinski definition) is 1. The monoisotopic (exact) mass is 254 g/mol. The van der Waals surface area contributed by atoms with Crippen LogP contribution in [0.25, 0.3) is 0 Å². The fourth-order valence-corrected chi connectivity index (χ4v) is 2.94. The molecular formula is C14H26N2O2. The average molecular weight is 254 g/mol. The van der Waals surface area contributed by atoms with Gasteiger partial charge in [0.15, 0.2) is 0 Å². The van der Waals surface area contributed by atoms with Crippen molar-refractivity contribution in [1.82, 2.24) is 10.2 Å². The van der Waals surface area contributed by atoms with Crippen molar-refractivity contribution < 1.29 is 9.53 Å². The standard InChI is InChI=1S/C14H26N2O2/c1-14(2)11-15-7-8-16(14)13(17)4-3-12-5-9-18-10-6-12/h12,15H,3-11H2,1-2H3. The van der Waals surface area contributed by atoms with E-state index in [1.807, 2.05) is 0 Å². The molecule has 0 bridgehead atoms. The Kier molecular flexibility index (Phi) is 4.62. The van der Waals surface area contributed by atoms with E-state index >= 15 is 0 Å². The van der Waals surface area contributed by atoms with Gasteiger partial charge in [-0.05, 0) is 39.0 Å². The Morgan fingerprint density at radius 1 is 1.39 bits per heavy atom. The van der Waals surface area contributed by atoms with Crippen molar-refractivity contribution in [3.63, 3.8) is 0 Å². The quantitative estimate of drug-likeness (QED) is 0.828. The van der Waals surface area contributed by atoms with E-state index in [4.69, 9.17) is 4.74 Å². The molecule has 0 unspecified atom stereocenters. The van der Waals surface area contributed by atoms with Gasteiger partial charge in [0.2, 0.25) is 5.91 Å². The van der Waals surface area contributed by atoms with Crippen LogP contribution in [0.1, 0.15) is 39.5 Å². The summed E-state index contributed by atoms with van der Waals surface area (Å²) < 4.78 is 5.35. The maximum absolute atomic E-state index is 12.3. The van der Waals surface area contributed by atoms with Crippen molar-refractivity contribution in [3.05, 3.63) is 0 Å². The molecule has 0 aromatic heterocycles. The molecule has 2 heterocycles. The normalized spacial score (nSPS) is 25.1. The van der Waals surface area contributed by atoms with Gasteiger partial charge in [0, 0.05) is 44.8 Å². The number of amides is 1. The molecule has 18 heavy (non-hydrogen) atoms. The molecule has 2 rings (SSSR count). The van der Waals surface area contributed by atoms with Gasteiger partial charge in [-0.15, -0.1) is 0 Å². The second-order valence-electron chi connectivity index (χ2n) is 6.13. The molecule has 0 atom stereocenters. The summed E-state index contributed by atoms with van der Waals surface area (Å²) in [7, 11) is 0. The van der Waals surface area contributed by atoms with Gasteiger partial charge in [-0.3, -0.25) is 4.79 Å². The summed E-state index contributed by atoms with van der Waals surface area (Å²) in [6.45, 7) is 8.70. The SMILES string of the molecule is CC1(C)CNCCN1C(=O)CCC1CCOCC1. The largest absolute Gasteiger partial charge is 0.381 e. The molecule has 4 heteroatoms. The molecule has 2 aliphatic rings. The number of carbonyl (C=O) groups is 1. The lowest BCUT2D eigenvalue weighted by atomic mass is 9.93. The Morgan fingerprint density at radius 2 is 2.11 bits per heavy atom. The van der Waals surface area contributed by atoms with E-state index in [1.165, 1.54) is 0 Å². The number of ether oxygens (including phenoxy) is 1. The van der Waals surface area contributed by atoms with E-state index in [1.54, 1.807) is 0 Å².